The molecule has 2 aromatic heterocycles. The van der Waals surface area contributed by atoms with Crippen molar-refractivity contribution in [2.45, 2.75) is 50.6 Å². The molecule has 0 unspecified atom stereocenters. The highest BCUT2D eigenvalue weighted by molar-refractivity contribution is 7.98. The van der Waals surface area contributed by atoms with Crippen LogP contribution in [0.1, 0.15) is 50.1 Å². The maximum Gasteiger partial charge on any atom is 0.192 e. The fourth-order valence-corrected chi connectivity index (χ4v) is 4.47. The number of aromatic nitrogens is 3. The summed E-state index contributed by atoms with van der Waals surface area (Å²) in [5.41, 5.74) is 2.20. The van der Waals surface area contributed by atoms with Gasteiger partial charge in [0.15, 0.2) is 11.0 Å². The molecule has 132 valence electrons. The van der Waals surface area contributed by atoms with Crippen molar-refractivity contribution in [2.24, 2.45) is 0 Å². The molecule has 0 aliphatic heterocycles. The summed E-state index contributed by atoms with van der Waals surface area (Å²) in [6.45, 7) is 8.69. The highest BCUT2D eigenvalue weighted by Gasteiger charge is 2.18. The van der Waals surface area contributed by atoms with Crippen LogP contribution in [0.15, 0.2) is 40.9 Å². The zero-order valence-electron chi connectivity index (χ0n) is 14.9. The smallest absolute Gasteiger partial charge is 0.192 e. The lowest BCUT2D eigenvalue weighted by atomic mass is 10.1. The minimum atomic E-state index is -0.209. The molecule has 25 heavy (non-hydrogen) atoms. The summed E-state index contributed by atoms with van der Waals surface area (Å²) < 4.78 is 15.2. The Hall–Kier alpha value is -1.66. The zero-order chi connectivity index (χ0) is 18.0. The molecule has 0 radical (unpaired) electrons. The minimum absolute atomic E-state index is 0.209. The first kappa shape index (κ1) is 18.1. The van der Waals surface area contributed by atoms with Crippen LogP contribution in [0.4, 0.5) is 4.39 Å². The van der Waals surface area contributed by atoms with Crippen molar-refractivity contribution in [3.8, 4) is 11.4 Å². The number of hydrogen-bond acceptors (Lipinski definition) is 4. The van der Waals surface area contributed by atoms with E-state index in [9.17, 15) is 4.39 Å². The summed E-state index contributed by atoms with van der Waals surface area (Å²) in [6, 6.07) is 9.09. The Kier molecular flexibility index (Phi) is 5.59. The number of halogens is 1. The fraction of sp³-hybridized carbons (Fsp3) is 0.368. The zero-order valence-corrected chi connectivity index (χ0v) is 16.5. The summed E-state index contributed by atoms with van der Waals surface area (Å²) in [6.07, 6.45) is 0. The normalized spacial score (nSPS) is 11.6. The first-order chi connectivity index (χ1) is 12.0. The second-order valence-corrected chi connectivity index (χ2v) is 8.46. The Morgan fingerprint density at radius 2 is 1.84 bits per heavy atom. The molecule has 2 heterocycles. The van der Waals surface area contributed by atoms with Crippen molar-refractivity contribution in [3.63, 3.8) is 0 Å². The quantitative estimate of drug-likeness (QED) is 0.485. The van der Waals surface area contributed by atoms with Crippen LogP contribution < -0.4 is 0 Å². The van der Waals surface area contributed by atoms with Crippen LogP contribution in [-0.4, -0.2) is 14.8 Å². The van der Waals surface area contributed by atoms with E-state index < -0.39 is 0 Å². The standard InChI is InChI=1S/C19H22FN3S2/c1-12(2)17-9-15(11-24-17)18-21-22-19(23(18)13(3)4)25-10-14-5-7-16(20)8-6-14/h5-9,11-13H,10H2,1-4H3. The van der Waals surface area contributed by atoms with E-state index >= 15 is 0 Å². The Morgan fingerprint density at radius 1 is 1.12 bits per heavy atom. The summed E-state index contributed by atoms with van der Waals surface area (Å²) in [7, 11) is 0. The van der Waals surface area contributed by atoms with Crippen molar-refractivity contribution in [1.29, 1.82) is 0 Å². The number of nitrogens with zero attached hydrogens (tertiary/aromatic N) is 3. The maximum absolute atomic E-state index is 13.0. The molecule has 0 bridgehead atoms. The molecule has 0 fully saturated rings. The van der Waals surface area contributed by atoms with Gasteiger partial charge < -0.3 is 0 Å². The van der Waals surface area contributed by atoms with Gasteiger partial charge in [-0.15, -0.1) is 21.5 Å². The van der Waals surface area contributed by atoms with Gasteiger partial charge in [-0.1, -0.05) is 37.7 Å². The third kappa shape index (κ3) is 4.12. The molecule has 0 amide bonds. The van der Waals surface area contributed by atoms with Gasteiger partial charge in [-0.05, 0) is 43.5 Å². The van der Waals surface area contributed by atoms with Crippen LogP contribution in [0.2, 0.25) is 0 Å². The van der Waals surface area contributed by atoms with E-state index in [1.165, 1.54) is 17.0 Å². The molecule has 0 atom stereocenters. The van der Waals surface area contributed by atoms with Crippen molar-refractivity contribution >= 4 is 23.1 Å². The Balaban J connectivity index is 1.85. The Morgan fingerprint density at radius 3 is 2.44 bits per heavy atom. The van der Waals surface area contributed by atoms with Crippen molar-refractivity contribution in [2.75, 3.05) is 0 Å². The highest BCUT2D eigenvalue weighted by Crippen LogP contribution is 2.33. The molecular weight excluding hydrogens is 353 g/mol. The van der Waals surface area contributed by atoms with Crippen LogP contribution in [-0.2, 0) is 5.75 Å². The van der Waals surface area contributed by atoms with Crippen LogP contribution in [0, 0.1) is 5.82 Å². The molecule has 0 aliphatic rings. The summed E-state index contributed by atoms with van der Waals surface area (Å²) >= 11 is 3.40. The lowest BCUT2D eigenvalue weighted by Crippen LogP contribution is -2.04. The minimum Gasteiger partial charge on any atom is -0.299 e. The molecular formula is C19H22FN3S2. The second kappa shape index (κ2) is 7.70. The molecule has 3 nitrogen and oxygen atoms in total. The number of hydrogen-bond donors (Lipinski definition) is 0. The van der Waals surface area contributed by atoms with E-state index in [0.29, 0.717) is 5.92 Å². The number of rotatable bonds is 6. The van der Waals surface area contributed by atoms with Gasteiger partial charge in [-0.25, -0.2) is 4.39 Å². The van der Waals surface area contributed by atoms with Gasteiger partial charge in [0.25, 0.3) is 0 Å². The molecule has 0 N–H and O–H groups in total. The van der Waals surface area contributed by atoms with E-state index in [-0.39, 0.29) is 11.9 Å². The molecule has 0 aliphatic carbocycles. The maximum atomic E-state index is 13.0. The monoisotopic (exact) mass is 375 g/mol. The second-order valence-electron chi connectivity index (χ2n) is 6.58. The lowest BCUT2D eigenvalue weighted by Gasteiger charge is -2.13. The first-order valence-electron chi connectivity index (χ1n) is 8.36. The average Bonchev–Trinajstić information content (AvgIpc) is 3.21. The number of thioether (sulfide) groups is 1. The van der Waals surface area contributed by atoms with Gasteiger partial charge in [-0.2, -0.15) is 0 Å². The first-order valence-corrected chi connectivity index (χ1v) is 10.2. The fourth-order valence-electron chi connectivity index (χ4n) is 2.54. The molecule has 0 saturated heterocycles. The highest BCUT2D eigenvalue weighted by atomic mass is 32.2. The Labute approximate surface area is 156 Å². The lowest BCUT2D eigenvalue weighted by molar-refractivity contribution is 0.555. The molecule has 3 aromatic rings. The van der Waals surface area contributed by atoms with Crippen molar-refractivity contribution in [3.05, 3.63) is 52.0 Å². The van der Waals surface area contributed by atoms with Gasteiger partial charge in [0, 0.05) is 27.6 Å². The number of thiophene rings is 1. The molecule has 3 rings (SSSR count). The molecule has 6 heteroatoms. The van der Waals surface area contributed by atoms with Gasteiger partial charge >= 0.3 is 0 Å². The van der Waals surface area contributed by atoms with Crippen molar-refractivity contribution in [1.82, 2.24) is 14.8 Å². The van der Waals surface area contributed by atoms with Crippen molar-refractivity contribution < 1.29 is 4.39 Å². The van der Waals surface area contributed by atoms with Crippen LogP contribution in [0.3, 0.4) is 0 Å². The average molecular weight is 376 g/mol. The van der Waals surface area contributed by atoms with E-state index in [1.54, 1.807) is 23.1 Å². The molecule has 0 spiro atoms. The molecule has 1 aromatic carbocycles. The third-order valence-electron chi connectivity index (χ3n) is 3.91. The van der Waals surface area contributed by atoms with Gasteiger partial charge in [-0.3, -0.25) is 4.57 Å². The van der Waals surface area contributed by atoms with Crippen LogP contribution >= 0.6 is 23.1 Å². The topological polar surface area (TPSA) is 30.7 Å². The van der Waals surface area contributed by atoms with Gasteiger partial charge in [0.1, 0.15) is 5.82 Å². The van der Waals surface area contributed by atoms with Gasteiger partial charge in [0.2, 0.25) is 0 Å². The van der Waals surface area contributed by atoms with E-state index in [2.05, 4.69) is 53.9 Å². The van der Waals surface area contributed by atoms with Crippen LogP contribution in [0.5, 0.6) is 0 Å². The van der Waals surface area contributed by atoms with Gasteiger partial charge in [0.05, 0.1) is 0 Å². The summed E-state index contributed by atoms with van der Waals surface area (Å²) in [5, 5.41) is 11.9. The summed E-state index contributed by atoms with van der Waals surface area (Å²) in [5.74, 6) is 1.97. The number of benzene rings is 1. The van der Waals surface area contributed by atoms with E-state index in [4.69, 9.17) is 0 Å². The SMILES string of the molecule is CC(C)c1cc(-c2nnc(SCc3ccc(F)cc3)n2C(C)C)cs1. The predicted molar refractivity (Wildman–Crippen MR) is 104 cm³/mol. The third-order valence-corrected chi connectivity index (χ3v) is 6.16. The van der Waals surface area contributed by atoms with E-state index in [0.717, 1.165) is 27.9 Å². The largest absolute Gasteiger partial charge is 0.299 e. The molecule has 0 saturated carbocycles. The predicted octanol–water partition coefficient (Wildman–Crippen LogP) is 6.14. The Bertz CT molecular complexity index is 835. The van der Waals surface area contributed by atoms with Crippen LogP contribution in [0.25, 0.3) is 11.4 Å². The van der Waals surface area contributed by atoms with E-state index in [1.807, 2.05) is 12.1 Å². The summed E-state index contributed by atoms with van der Waals surface area (Å²) in [4.78, 5) is 1.36.